The fourth-order valence-electron chi connectivity index (χ4n) is 2.31. The highest BCUT2D eigenvalue weighted by molar-refractivity contribution is 5.94. The Morgan fingerprint density at radius 2 is 2.24 bits per heavy atom. The van der Waals surface area contributed by atoms with Crippen molar-refractivity contribution in [2.75, 3.05) is 6.54 Å². The van der Waals surface area contributed by atoms with Gasteiger partial charge in [-0.3, -0.25) is 9.48 Å². The van der Waals surface area contributed by atoms with E-state index in [0.29, 0.717) is 24.6 Å². The molecule has 8 heteroatoms. The minimum Gasteiger partial charge on any atom is -0.349 e. The summed E-state index contributed by atoms with van der Waals surface area (Å²) in [4.78, 5) is 19.9. The van der Waals surface area contributed by atoms with E-state index in [4.69, 9.17) is 0 Å². The molecule has 3 aromatic heterocycles. The van der Waals surface area contributed by atoms with E-state index in [-0.39, 0.29) is 5.91 Å². The second kappa shape index (κ2) is 4.51. The molecule has 0 fully saturated rings. The first-order valence-corrected chi connectivity index (χ1v) is 6.49. The average Bonchev–Trinajstić information content (AvgIpc) is 3.18. The molecule has 3 aromatic rings. The van der Waals surface area contributed by atoms with E-state index in [2.05, 4.69) is 25.5 Å². The van der Waals surface area contributed by atoms with Gasteiger partial charge < -0.3 is 5.32 Å². The van der Waals surface area contributed by atoms with Crippen LogP contribution in [0, 0.1) is 0 Å². The lowest BCUT2D eigenvalue weighted by Crippen LogP contribution is -2.35. The molecule has 0 saturated heterocycles. The number of hydrogen-bond donors (Lipinski definition) is 1. The normalized spacial score (nSPS) is 13.8. The van der Waals surface area contributed by atoms with Crippen LogP contribution in [0.5, 0.6) is 0 Å². The van der Waals surface area contributed by atoms with E-state index in [1.165, 1.54) is 6.33 Å². The minimum absolute atomic E-state index is 0.0921. The van der Waals surface area contributed by atoms with Crippen molar-refractivity contribution in [3.63, 3.8) is 0 Å². The smallest absolute Gasteiger partial charge is 0.269 e. The lowest BCUT2D eigenvalue weighted by Gasteiger charge is -2.13. The van der Waals surface area contributed by atoms with Crippen molar-refractivity contribution in [3.05, 3.63) is 42.7 Å². The molecule has 104 valence electrons. The van der Waals surface area contributed by atoms with Gasteiger partial charge >= 0.3 is 0 Å². The molecule has 4 rings (SSSR count). The van der Waals surface area contributed by atoms with Crippen LogP contribution in [0.2, 0.25) is 0 Å². The molecule has 0 atom stereocenters. The maximum atomic E-state index is 11.8. The first-order valence-electron chi connectivity index (χ1n) is 6.49. The zero-order valence-corrected chi connectivity index (χ0v) is 11.0. The summed E-state index contributed by atoms with van der Waals surface area (Å²) in [5.41, 5.74) is 2.20. The van der Waals surface area contributed by atoms with Gasteiger partial charge in [0, 0.05) is 18.3 Å². The Hall–Kier alpha value is -3.03. The average molecular weight is 281 g/mol. The number of rotatable bonds is 2. The number of carbonyl (C=O) groups is 1. The highest BCUT2D eigenvalue weighted by Crippen LogP contribution is 2.21. The van der Waals surface area contributed by atoms with E-state index >= 15 is 0 Å². The van der Waals surface area contributed by atoms with E-state index in [1.807, 2.05) is 12.1 Å². The van der Waals surface area contributed by atoms with E-state index < -0.39 is 0 Å². The zero-order chi connectivity index (χ0) is 14.2. The molecular weight excluding hydrogens is 270 g/mol. The number of hydrogen-bond acceptors (Lipinski definition) is 5. The first-order chi connectivity index (χ1) is 10.3. The van der Waals surface area contributed by atoms with Crippen LogP contribution < -0.4 is 5.32 Å². The summed E-state index contributed by atoms with van der Waals surface area (Å²) in [6.45, 7) is 1.29. The summed E-state index contributed by atoms with van der Waals surface area (Å²) in [5, 5.41) is 11.3. The lowest BCUT2D eigenvalue weighted by molar-refractivity contribution is 0.0924. The number of pyridine rings is 1. The fraction of sp³-hybridized carbons (Fsp3) is 0.154. The first kappa shape index (κ1) is 11.8. The van der Waals surface area contributed by atoms with Crippen LogP contribution in [0.25, 0.3) is 17.1 Å². The molecule has 0 aliphatic carbocycles. The molecule has 8 nitrogen and oxygen atoms in total. The van der Waals surface area contributed by atoms with Crippen LogP contribution >= 0.6 is 0 Å². The standard InChI is InChI=1S/C13H11N7O/c21-13-11-6-10(18-19(11)4-3-16-13)9-1-2-15-12(5-9)20-8-14-7-17-20/h1-2,5-8H,3-4H2,(H,16,21). The van der Waals surface area contributed by atoms with Gasteiger partial charge in [-0.15, -0.1) is 0 Å². The van der Waals surface area contributed by atoms with Gasteiger partial charge in [-0.1, -0.05) is 0 Å². The molecule has 0 bridgehead atoms. The highest BCUT2D eigenvalue weighted by Gasteiger charge is 2.19. The third-order valence-electron chi connectivity index (χ3n) is 3.32. The van der Waals surface area contributed by atoms with Gasteiger partial charge in [0.1, 0.15) is 18.3 Å². The molecule has 0 aromatic carbocycles. The Bertz CT molecular complexity index is 806. The fourth-order valence-corrected chi connectivity index (χ4v) is 2.31. The third kappa shape index (κ3) is 1.97. The maximum Gasteiger partial charge on any atom is 0.269 e. The lowest BCUT2D eigenvalue weighted by atomic mass is 10.2. The van der Waals surface area contributed by atoms with Crippen LogP contribution in [0.1, 0.15) is 10.5 Å². The Morgan fingerprint density at radius 3 is 3.05 bits per heavy atom. The zero-order valence-electron chi connectivity index (χ0n) is 11.0. The Kier molecular flexibility index (Phi) is 2.53. The second-order valence-corrected chi connectivity index (χ2v) is 4.64. The molecule has 4 heterocycles. The SMILES string of the molecule is O=C1NCCn2nc(-c3ccnc(-n4cncn4)c3)cc21. The van der Waals surface area contributed by atoms with Crippen molar-refractivity contribution < 1.29 is 4.79 Å². The molecule has 0 radical (unpaired) electrons. The third-order valence-corrected chi connectivity index (χ3v) is 3.32. The predicted octanol–water partition coefficient (Wildman–Crippen LogP) is 0.269. The summed E-state index contributed by atoms with van der Waals surface area (Å²) < 4.78 is 3.30. The Labute approximate surface area is 119 Å². The van der Waals surface area contributed by atoms with Crippen molar-refractivity contribution in [1.82, 2.24) is 34.8 Å². The van der Waals surface area contributed by atoms with E-state index in [1.54, 1.807) is 28.0 Å². The summed E-state index contributed by atoms with van der Waals surface area (Å²) in [7, 11) is 0. The van der Waals surface area contributed by atoms with Crippen molar-refractivity contribution in [1.29, 1.82) is 0 Å². The molecule has 21 heavy (non-hydrogen) atoms. The van der Waals surface area contributed by atoms with Gasteiger partial charge in [-0.25, -0.2) is 14.6 Å². The van der Waals surface area contributed by atoms with E-state index in [0.717, 1.165) is 11.3 Å². The van der Waals surface area contributed by atoms with E-state index in [9.17, 15) is 4.79 Å². The molecule has 1 N–H and O–H groups in total. The summed E-state index contributed by atoms with van der Waals surface area (Å²) >= 11 is 0. The molecule has 1 amide bonds. The largest absolute Gasteiger partial charge is 0.349 e. The minimum atomic E-state index is -0.0921. The molecule has 0 saturated carbocycles. The van der Waals surface area contributed by atoms with Crippen LogP contribution in [-0.4, -0.2) is 42.0 Å². The molecule has 1 aliphatic heterocycles. The van der Waals surface area contributed by atoms with Crippen molar-refractivity contribution in [3.8, 4) is 17.1 Å². The number of fused-ring (bicyclic) bond motifs is 1. The number of carbonyl (C=O) groups excluding carboxylic acids is 1. The van der Waals surface area contributed by atoms with Gasteiger partial charge in [0.15, 0.2) is 5.82 Å². The van der Waals surface area contributed by atoms with Gasteiger partial charge in [-0.05, 0) is 18.2 Å². The van der Waals surface area contributed by atoms with Crippen LogP contribution in [0.15, 0.2) is 37.1 Å². The van der Waals surface area contributed by atoms with Gasteiger partial charge in [0.25, 0.3) is 5.91 Å². The maximum absolute atomic E-state index is 11.8. The van der Waals surface area contributed by atoms with Gasteiger partial charge in [-0.2, -0.15) is 10.2 Å². The van der Waals surface area contributed by atoms with Gasteiger partial charge in [0.05, 0.1) is 12.2 Å². The van der Waals surface area contributed by atoms with Crippen molar-refractivity contribution in [2.24, 2.45) is 0 Å². The quantitative estimate of drug-likeness (QED) is 0.728. The topological polar surface area (TPSA) is 90.5 Å². The number of aromatic nitrogens is 6. The molecule has 0 unspecified atom stereocenters. The number of nitrogens with zero attached hydrogens (tertiary/aromatic N) is 6. The van der Waals surface area contributed by atoms with Crippen LogP contribution in [-0.2, 0) is 6.54 Å². The van der Waals surface area contributed by atoms with Gasteiger partial charge in [0.2, 0.25) is 0 Å². The second-order valence-electron chi connectivity index (χ2n) is 4.64. The predicted molar refractivity (Wildman–Crippen MR) is 72.7 cm³/mol. The van der Waals surface area contributed by atoms with Crippen molar-refractivity contribution in [2.45, 2.75) is 6.54 Å². The Morgan fingerprint density at radius 1 is 1.29 bits per heavy atom. The highest BCUT2D eigenvalue weighted by atomic mass is 16.2. The summed E-state index contributed by atoms with van der Waals surface area (Å²) in [6.07, 6.45) is 4.72. The molecule has 0 spiro atoms. The molecule has 1 aliphatic rings. The number of amides is 1. The number of nitrogens with one attached hydrogen (secondary N) is 1. The summed E-state index contributed by atoms with van der Waals surface area (Å²) in [5.74, 6) is 0.561. The van der Waals surface area contributed by atoms with Crippen molar-refractivity contribution >= 4 is 5.91 Å². The van der Waals surface area contributed by atoms with Crippen LogP contribution in [0.3, 0.4) is 0 Å². The molecular formula is C13H11N7O. The Balaban J connectivity index is 1.77. The van der Waals surface area contributed by atoms with Crippen LogP contribution in [0.4, 0.5) is 0 Å². The monoisotopic (exact) mass is 281 g/mol. The summed E-state index contributed by atoms with van der Waals surface area (Å²) in [6, 6.07) is 5.50.